The predicted octanol–water partition coefficient (Wildman–Crippen LogP) is 3.75. The highest BCUT2D eigenvalue weighted by molar-refractivity contribution is 5.85. The van der Waals surface area contributed by atoms with Crippen molar-refractivity contribution < 1.29 is 4.79 Å². The molecule has 0 aliphatic carbocycles. The Hall–Kier alpha value is -1.04. The van der Waals surface area contributed by atoms with Gasteiger partial charge >= 0.3 is 0 Å². The van der Waals surface area contributed by atoms with Crippen LogP contribution in [-0.2, 0) is 4.79 Å². The fraction of sp³-hybridized carbons (Fsp3) is 0.867. The Bertz CT molecular complexity index is 275. The molecule has 18 heavy (non-hydrogen) atoms. The number of carbonyl (C=O) groups is 1. The molecule has 0 atom stereocenters. The zero-order valence-electron chi connectivity index (χ0n) is 12.5. The number of carbonyl (C=O) groups excluding carboxylic acids is 1. The molecule has 0 radical (unpaired) electrons. The molecule has 0 aromatic rings. The monoisotopic (exact) mass is 252 g/mol. The van der Waals surface area contributed by atoms with Gasteiger partial charge in [-0.05, 0) is 26.2 Å². The third kappa shape index (κ3) is 4.33. The standard InChI is InChI=1S/C15H28N2O/c1-5-9-12-17(8-4)14(18)15(13-16,10-6-2)11-7-3/h5-12H2,1-4H3. The molecule has 3 heteroatoms. The van der Waals surface area contributed by atoms with Crippen molar-refractivity contribution in [2.45, 2.75) is 66.2 Å². The van der Waals surface area contributed by atoms with Crippen LogP contribution in [0.4, 0.5) is 0 Å². The van der Waals surface area contributed by atoms with Crippen LogP contribution >= 0.6 is 0 Å². The van der Waals surface area contributed by atoms with Crippen molar-refractivity contribution in [1.82, 2.24) is 4.90 Å². The van der Waals surface area contributed by atoms with Crippen LogP contribution < -0.4 is 0 Å². The smallest absolute Gasteiger partial charge is 0.243 e. The Kier molecular flexibility index (Phi) is 8.45. The molecule has 0 fully saturated rings. The predicted molar refractivity (Wildman–Crippen MR) is 75.0 cm³/mol. The third-order valence-electron chi connectivity index (χ3n) is 3.43. The van der Waals surface area contributed by atoms with Gasteiger partial charge in [0.15, 0.2) is 0 Å². The van der Waals surface area contributed by atoms with E-state index in [0.717, 1.165) is 32.2 Å². The number of nitriles is 1. The van der Waals surface area contributed by atoms with Gasteiger partial charge in [0.2, 0.25) is 5.91 Å². The van der Waals surface area contributed by atoms with Gasteiger partial charge in [0.1, 0.15) is 5.41 Å². The number of amides is 1. The molecule has 0 saturated heterocycles. The molecule has 0 rings (SSSR count). The Morgan fingerprint density at radius 1 is 1.11 bits per heavy atom. The zero-order valence-corrected chi connectivity index (χ0v) is 12.5. The number of unbranched alkanes of at least 4 members (excludes halogenated alkanes) is 1. The van der Waals surface area contributed by atoms with Crippen molar-refractivity contribution in [2.75, 3.05) is 13.1 Å². The minimum absolute atomic E-state index is 0.0460. The molecule has 0 bridgehead atoms. The maximum atomic E-state index is 12.6. The van der Waals surface area contributed by atoms with E-state index in [0.29, 0.717) is 19.4 Å². The Morgan fingerprint density at radius 2 is 1.67 bits per heavy atom. The average Bonchev–Trinajstić information content (AvgIpc) is 2.39. The van der Waals surface area contributed by atoms with Crippen molar-refractivity contribution >= 4 is 5.91 Å². The molecule has 0 heterocycles. The van der Waals surface area contributed by atoms with Crippen molar-refractivity contribution in [3.63, 3.8) is 0 Å². The second-order valence-electron chi connectivity index (χ2n) is 4.93. The van der Waals surface area contributed by atoms with Gasteiger partial charge in [-0.3, -0.25) is 4.79 Å². The van der Waals surface area contributed by atoms with E-state index >= 15 is 0 Å². The molecular weight excluding hydrogens is 224 g/mol. The van der Waals surface area contributed by atoms with Crippen LogP contribution in [-0.4, -0.2) is 23.9 Å². The molecule has 0 aliphatic heterocycles. The summed E-state index contributed by atoms with van der Waals surface area (Å²) in [4.78, 5) is 14.5. The highest BCUT2D eigenvalue weighted by Crippen LogP contribution is 2.31. The van der Waals surface area contributed by atoms with Crippen LogP contribution in [0.25, 0.3) is 0 Å². The summed E-state index contributed by atoms with van der Waals surface area (Å²) in [6.45, 7) is 9.68. The lowest BCUT2D eigenvalue weighted by molar-refractivity contribution is -0.139. The Morgan fingerprint density at radius 3 is 2.00 bits per heavy atom. The molecule has 104 valence electrons. The van der Waals surface area contributed by atoms with Crippen LogP contribution in [0, 0.1) is 16.7 Å². The lowest BCUT2D eigenvalue weighted by atomic mass is 9.79. The van der Waals surface area contributed by atoms with Gasteiger partial charge in [0.25, 0.3) is 0 Å². The summed E-state index contributed by atoms with van der Waals surface area (Å²) in [7, 11) is 0. The summed E-state index contributed by atoms with van der Waals surface area (Å²) < 4.78 is 0. The molecule has 1 amide bonds. The maximum absolute atomic E-state index is 12.6. The third-order valence-corrected chi connectivity index (χ3v) is 3.43. The Balaban J connectivity index is 4.96. The second-order valence-corrected chi connectivity index (χ2v) is 4.93. The summed E-state index contributed by atoms with van der Waals surface area (Å²) in [5.74, 6) is 0.0460. The molecule has 0 aromatic carbocycles. The van der Waals surface area contributed by atoms with Crippen molar-refractivity contribution in [2.24, 2.45) is 5.41 Å². The van der Waals surface area contributed by atoms with E-state index in [4.69, 9.17) is 0 Å². The lowest BCUT2D eigenvalue weighted by Gasteiger charge is -2.31. The van der Waals surface area contributed by atoms with E-state index in [-0.39, 0.29) is 5.91 Å². The molecular formula is C15H28N2O. The highest BCUT2D eigenvalue weighted by Gasteiger charge is 2.39. The maximum Gasteiger partial charge on any atom is 0.243 e. The molecule has 0 saturated carbocycles. The van der Waals surface area contributed by atoms with Gasteiger partial charge in [0, 0.05) is 13.1 Å². The van der Waals surface area contributed by atoms with Crippen LogP contribution in [0.2, 0.25) is 0 Å². The van der Waals surface area contributed by atoms with E-state index in [9.17, 15) is 10.1 Å². The fourth-order valence-corrected chi connectivity index (χ4v) is 2.41. The van der Waals surface area contributed by atoms with Gasteiger partial charge in [-0.15, -0.1) is 0 Å². The number of hydrogen-bond acceptors (Lipinski definition) is 2. The first-order valence-electron chi connectivity index (χ1n) is 7.32. The highest BCUT2D eigenvalue weighted by atomic mass is 16.2. The van der Waals surface area contributed by atoms with Crippen molar-refractivity contribution in [1.29, 1.82) is 5.26 Å². The average molecular weight is 252 g/mol. The summed E-state index contributed by atoms with van der Waals surface area (Å²) in [5, 5.41) is 9.48. The topological polar surface area (TPSA) is 44.1 Å². The van der Waals surface area contributed by atoms with Crippen LogP contribution in [0.1, 0.15) is 66.2 Å². The van der Waals surface area contributed by atoms with E-state index < -0.39 is 5.41 Å². The van der Waals surface area contributed by atoms with E-state index in [1.165, 1.54) is 0 Å². The van der Waals surface area contributed by atoms with E-state index in [1.807, 2.05) is 25.7 Å². The van der Waals surface area contributed by atoms with E-state index in [1.54, 1.807) is 0 Å². The molecule has 0 spiro atoms. The van der Waals surface area contributed by atoms with Crippen LogP contribution in [0.3, 0.4) is 0 Å². The molecule has 0 aliphatic rings. The largest absolute Gasteiger partial charge is 0.342 e. The summed E-state index contributed by atoms with van der Waals surface area (Å²) in [5.41, 5.74) is -0.784. The molecule has 3 nitrogen and oxygen atoms in total. The van der Waals surface area contributed by atoms with Crippen molar-refractivity contribution in [3.8, 4) is 6.07 Å². The van der Waals surface area contributed by atoms with Gasteiger partial charge in [-0.1, -0.05) is 40.0 Å². The first-order valence-corrected chi connectivity index (χ1v) is 7.32. The number of rotatable bonds is 9. The fourth-order valence-electron chi connectivity index (χ4n) is 2.41. The van der Waals surface area contributed by atoms with E-state index in [2.05, 4.69) is 13.0 Å². The van der Waals surface area contributed by atoms with Gasteiger partial charge < -0.3 is 4.90 Å². The Labute approximate surface area is 112 Å². The summed E-state index contributed by atoms with van der Waals surface area (Å²) in [6.07, 6.45) is 5.21. The molecule has 0 N–H and O–H groups in total. The van der Waals surface area contributed by atoms with Crippen molar-refractivity contribution in [3.05, 3.63) is 0 Å². The normalized spacial score (nSPS) is 11.1. The molecule has 0 aromatic heterocycles. The first kappa shape index (κ1) is 17.0. The second kappa shape index (κ2) is 8.97. The molecule has 0 unspecified atom stereocenters. The first-order chi connectivity index (χ1) is 8.61. The SMILES string of the molecule is CCCCN(CC)C(=O)C(C#N)(CCC)CCC. The van der Waals surface area contributed by atoms with Gasteiger partial charge in [-0.2, -0.15) is 5.26 Å². The summed E-state index contributed by atoms with van der Waals surface area (Å²) >= 11 is 0. The van der Waals surface area contributed by atoms with Crippen LogP contribution in [0.5, 0.6) is 0 Å². The minimum atomic E-state index is -0.784. The summed E-state index contributed by atoms with van der Waals surface area (Å²) in [6, 6.07) is 2.32. The lowest BCUT2D eigenvalue weighted by Crippen LogP contribution is -2.43. The van der Waals surface area contributed by atoms with Gasteiger partial charge in [0.05, 0.1) is 6.07 Å². The zero-order chi connectivity index (χ0) is 14.0. The van der Waals surface area contributed by atoms with Crippen LogP contribution in [0.15, 0.2) is 0 Å². The minimum Gasteiger partial charge on any atom is -0.342 e. The number of hydrogen-bond donors (Lipinski definition) is 0. The quantitative estimate of drug-likeness (QED) is 0.627. The van der Waals surface area contributed by atoms with Gasteiger partial charge in [-0.25, -0.2) is 0 Å². The number of nitrogens with zero attached hydrogens (tertiary/aromatic N) is 2.